The Balaban J connectivity index is 0.00000129. The van der Waals surface area contributed by atoms with E-state index in [0.29, 0.717) is 57.0 Å². The molecule has 3 atom stereocenters. The Labute approximate surface area is 254 Å². The number of ether oxygens (including phenoxy) is 2. The number of rotatable bonds is 11. The number of fused-ring (bicyclic) bond motifs is 2. The lowest BCUT2D eigenvalue weighted by Gasteiger charge is -2.30. The van der Waals surface area contributed by atoms with Crippen LogP contribution in [0.5, 0.6) is 11.5 Å². The molecule has 0 spiro atoms. The number of furan rings is 1. The van der Waals surface area contributed by atoms with Crippen molar-refractivity contribution in [1.82, 2.24) is 9.80 Å². The first kappa shape index (κ1) is 31.5. The normalized spacial score (nSPS) is 22.0. The van der Waals surface area contributed by atoms with Crippen LogP contribution in [-0.2, 0) is 25.6 Å². The second-order valence-electron chi connectivity index (χ2n) is 10.7. The van der Waals surface area contributed by atoms with Crippen molar-refractivity contribution in [2.45, 2.75) is 44.6 Å². The fourth-order valence-corrected chi connectivity index (χ4v) is 7.46. The van der Waals surface area contributed by atoms with Crippen molar-refractivity contribution in [2.75, 3.05) is 34.4 Å². The van der Waals surface area contributed by atoms with Crippen molar-refractivity contribution in [3.05, 3.63) is 40.5 Å². The molecule has 2 heterocycles. The molecule has 10 nitrogen and oxygen atoms in total. The van der Waals surface area contributed by atoms with Gasteiger partial charge in [0.05, 0.1) is 25.7 Å². The molecule has 1 N–H and O–H groups in total. The molecular formula is C30H34N2O8S2. The van der Waals surface area contributed by atoms with E-state index in [1.54, 1.807) is 32.2 Å². The molecule has 2 aliphatic carbocycles. The minimum Gasteiger partial charge on any atom is -0.497 e. The van der Waals surface area contributed by atoms with Crippen molar-refractivity contribution < 1.29 is 38.2 Å². The molecule has 2 bridgehead atoms. The molecule has 1 aromatic heterocycles. The van der Waals surface area contributed by atoms with Crippen molar-refractivity contribution >= 4 is 52.4 Å². The second-order valence-corrected chi connectivity index (χ2v) is 12.4. The first-order valence-electron chi connectivity index (χ1n) is 13.7. The average molecular weight is 615 g/mol. The van der Waals surface area contributed by atoms with Gasteiger partial charge in [-0.15, -0.1) is 0 Å². The molecule has 224 valence electrons. The van der Waals surface area contributed by atoms with Crippen LogP contribution in [0.15, 0.2) is 33.6 Å². The van der Waals surface area contributed by atoms with Gasteiger partial charge in [0.1, 0.15) is 27.3 Å². The van der Waals surface area contributed by atoms with Crippen molar-refractivity contribution in [3.8, 4) is 22.8 Å². The van der Waals surface area contributed by atoms with E-state index in [1.807, 2.05) is 29.2 Å². The van der Waals surface area contributed by atoms with Gasteiger partial charge in [0.2, 0.25) is 0 Å². The quantitative estimate of drug-likeness (QED) is 0.279. The summed E-state index contributed by atoms with van der Waals surface area (Å²) < 4.78 is 17.9. The van der Waals surface area contributed by atoms with Gasteiger partial charge < -0.3 is 19.0 Å². The number of amides is 1. The highest BCUT2D eigenvalue weighted by Gasteiger charge is 2.48. The molecule has 1 aromatic carbocycles. The highest BCUT2D eigenvalue weighted by atomic mass is 32.2. The monoisotopic (exact) mass is 614 g/mol. The number of carbonyl (C=O) groups excluding carboxylic acids is 3. The molecule has 42 heavy (non-hydrogen) atoms. The zero-order chi connectivity index (χ0) is 30.4. The fraction of sp³-hybridized carbons (Fsp3) is 0.467. The molecule has 1 aliphatic heterocycles. The predicted octanol–water partition coefficient (Wildman–Crippen LogP) is 4.72. The molecule has 2 saturated carbocycles. The molecule has 1 amide bonds. The molecule has 1 saturated heterocycles. The standard InChI is InChI=1S/C29H34N2O6S2.CO2/c1-30(16-27(32)33)8-4-5-19-13-24(20-11-21(35-2)14-22(12-20)36-3)37-25(19)15-26-28(34)31(29(38)39-26)23-10-17-6-7-18(23)9-17;2-1-3/h11-15,17-18,23H,4-10,16H2,1-3H3,(H,32,33);/b26-15-;. The van der Waals surface area contributed by atoms with Crippen molar-refractivity contribution in [2.24, 2.45) is 11.8 Å². The summed E-state index contributed by atoms with van der Waals surface area (Å²) in [4.78, 5) is 45.1. The van der Waals surface area contributed by atoms with Gasteiger partial charge in [-0.2, -0.15) is 9.59 Å². The van der Waals surface area contributed by atoms with Gasteiger partial charge in [-0.05, 0) is 81.3 Å². The maximum Gasteiger partial charge on any atom is 0.373 e. The summed E-state index contributed by atoms with van der Waals surface area (Å²) >= 11 is 7.03. The van der Waals surface area contributed by atoms with Gasteiger partial charge in [-0.3, -0.25) is 19.4 Å². The molecule has 5 rings (SSSR count). The van der Waals surface area contributed by atoms with Gasteiger partial charge in [0, 0.05) is 23.7 Å². The summed E-state index contributed by atoms with van der Waals surface area (Å²) in [5.41, 5.74) is 1.74. The Bertz CT molecular complexity index is 1380. The molecule has 12 heteroatoms. The molecule has 3 fully saturated rings. The van der Waals surface area contributed by atoms with Gasteiger partial charge in [-0.1, -0.05) is 30.4 Å². The minimum absolute atomic E-state index is 0.0153. The average Bonchev–Trinajstić information content (AvgIpc) is 3.73. The van der Waals surface area contributed by atoms with E-state index < -0.39 is 5.97 Å². The van der Waals surface area contributed by atoms with Gasteiger partial charge in [0.15, 0.2) is 0 Å². The molecule has 3 unspecified atom stereocenters. The Morgan fingerprint density at radius 3 is 2.45 bits per heavy atom. The lowest BCUT2D eigenvalue weighted by Crippen LogP contribution is -2.41. The number of methoxy groups -OCH3 is 2. The first-order valence-corrected chi connectivity index (χ1v) is 14.9. The van der Waals surface area contributed by atoms with E-state index in [1.165, 1.54) is 31.0 Å². The van der Waals surface area contributed by atoms with Crippen molar-refractivity contribution in [3.63, 3.8) is 0 Å². The summed E-state index contributed by atoms with van der Waals surface area (Å²) in [5.74, 6) is 2.91. The van der Waals surface area contributed by atoms with Crippen LogP contribution in [0.1, 0.15) is 43.4 Å². The van der Waals surface area contributed by atoms with Crippen LogP contribution in [0.2, 0.25) is 0 Å². The predicted molar refractivity (Wildman–Crippen MR) is 160 cm³/mol. The number of thioether (sulfide) groups is 1. The lowest BCUT2D eigenvalue weighted by atomic mass is 9.94. The Morgan fingerprint density at radius 1 is 1.19 bits per heavy atom. The van der Waals surface area contributed by atoms with E-state index in [0.717, 1.165) is 24.0 Å². The maximum atomic E-state index is 13.6. The van der Waals surface area contributed by atoms with Crippen LogP contribution in [0, 0.1) is 11.8 Å². The largest absolute Gasteiger partial charge is 0.497 e. The third-order valence-electron chi connectivity index (χ3n) is 7.99. The van der Waals surface area contributed by atoms with E-state index in [-0.39, 0.29) is 24.6 Å². The van der Waals surface area contributed by atoms with Crippen LogP contribution in [-0.4, -0.2) is 77.7 Å². The van der Waals surface area contributed by atoms with Gasteiger partial charge in [0.25, 0.3) is 5.91 Å². The van der Waals surface area contributed by atoms with E-state index >= 15 is 0 Å². The maximum absolute atomic E-state index is 13.6. The molecule has 3 aliphatic rings. The van der Waals surface area contributed by atoms with Crippen molar-refractivity contribution in [1.29, 1.82) is 0 Å². The third-order valence-corrected chi connectivity index (χ3v) is 9.32. The number of carboxylic acid groups (broad SMARTS) is 1. The summed E-state index contributed by atoms with van der Waals surface area (Å²) in [7, 11) is 4.99. The van der Waals surface area contributed by atoms with E-state index in [4.69, 9.17) is 40.8 Å². The number of nitrogens with zero attached hydrogens (tertiary/aromatic N) is 2. The highest BCUT2D eigenvalue weighted by Crippen LogP contribution is 2.49. The van der Waals surface area contributed by atoms with Crippen LogP contribution < -0.4 is 9.47 Å². The van der Waals surface area contributed by atoms with Crippen LogP contribution >= 0.6 is 24.0 Å². The Kier molecular flexibility index (Phi) is 10.6. The van der Waals surface area contributed by atoms with Crippen LogP contribution in [0.3, 0.4) is 0 Å². The number of thiocarbonyl (C=S) groups is 1. The lowest BCUT2D eigenvalue weighted by molar-refractivity contribution is -0.191. The van der Waals surface area contributed by atoms with Gasteiger partial charge in [-0.25, -0.2) is 0 Å². The number of hydrogen-bond acceptors (Lipinski definition) is 10. The van der Waals surface area contributed by atoms with Crippen LogP contribution in [0.25, 0.3) is 17.4 Å². The number of likely N-dealkylation sites (N-methyl/N-ethyl adjacent to an activating group) is 1. The first-order chi connectivity index (χ1) is 20.2. The molecule has 2 aromatic rings. The van der Waals surface area contributed by atoms with Crippen LogP contribution in [0.4, 0.5) is 0 Å². The second kappa shape index (κ2) is 14.2. The SMILES string of the molecule is COc1cc(OC)cc(-c2cc(CCCN(C)CC(=O)O)c(/C=C3\SC(=S)N(C4CC5CCC4C5)C3=O)o2)c1.O=C=O. The van der Waals surface area contributed by atoms with E-state index in [2.05, 4.69) is 0 Å². The number of carbonyl (C=O) groups is 2. The summed E-state index contributed by atoms with van der Waals surface area (Å²) in [6, 6.07) is 7.75. The smallest absolute Gasteiger partial charge is 0.373 e. The fourth-order valence-electron chi connectivity index (χ4n) is 6.11. The Hall–Kier alpha value is -3.44. The third kappa shape index (κ3) is 7.30. The van der Waals surface area contributed by atoms with E-state index in [9.17, 15) is 9.59 Å². The number of hydrogen-bond donors (Lipinski definition) is 1. The summed E-state index contributed by atoms with van der Waals surface area (Å²) in [6.45, 7) is 0.601. The molecular weight excluding hydrogens is 580 g/mol. The highest BCUT2D eigenvalue weighted by molar-refractivity contribution is 8.26. The zero-order valence-corrected chi connectivity index (χ0v) is 25.4. The van der Waals surface area contributed by atoms with Gasteiger partial charge >= 0.3 is 12.1 Å². The number of benzene rings is 1. The number of carboxylic acids is 1. The zero-order valence-electron chi connectivity index (χ0n) is 23.8. The number of aryl methyl sites for hydroxylation is 1. The topological polar surface area (TPSA) is 127 Å². The molecule has 0 radical (unpaired) electrons. The number of aliphatic carboxylic acids is 1. The summed E-state index contributed by atoms with van der Waals surface area (Å²) in [5, 5.41) is 9.07. The Morgan fingerprint density at radius 2 is 1.88 bits per heavy atom. The summed E-state index contributed by atoms with van der Waals surface area (Å²) in [6.07, 6.45) is 8.15. The minimum atomic E-state index is -0.853.